The third-order valence-electron chi connectivity index (χ3n) is 0.756. The Balaban J connectivity index is 3.99. The minimum Gasteiger partial charge on any atom is -0.293 e. The van der Waals surface area contributed by atoms with Gasteiger partial charge in [-0.3, -0.25) is 9.59 Å². The Labute approximate surface area is 47.4 Å². The van der Waals surface area contributed by atoms with Crippen LogP contribution in [0.15, 0.2) is 4.99 Å². The van der Waals surface area contributed by atoms with Gasteiger partial charge < -0.3 is 0 Å². The van der Waals surface area contributed by atoms with Crippen molar-refractivity contribution in [3.8, 4) is 0 Å². The van der Waals surface area contributed by atoms with E-state index in [1.165, 1.54) is 13.8 Å². The topological polar surface area (TPSA) is 46.5 Å². The van der Waals surface area contributed by atoms with Gasteiger partial charge in [0.2, 0.25) is 6.41 Å². The summed E-state index contributed by atoms with van der Waals surface area (Å²) in [6.45, 7) is 2.86. The Morgan fingerprint density at radius 1 is 1.50 bits per heavy atom. The predicted octanol–water partition coefficient (Wildman–Crippen LogP) is 0.193. The number of Topliss-reactive ketones (excluding diaryl/α,β-unsaturated/α-hetero) is 1. The van der Waals surface area contributed by atoms with Gasteiger partial charge in [0.05, 0.1) is 5.71 Å². The maximum absolute atomic E-state index is 10.2. The van der Waals surface area contributed by atoms with Crippen molar-refractivity contribution in [3.63, 3.8) is 0 Å². The molecule has 0 aromatic carbocycles. The molecule has 0 saturated carbocycles. The van der Waals surface area contributed by atoms with Crippen LogP contribution in [0.5, 0.6) is 0 Å². The third kappa shape index (κ3) is 2.23. The van der Waals surface area contributed by atoms with E-state index in [2.05, 4.69) is 4.99 Å². The first kappa shape index (κ1) is 7.01. The lowest BCUT2D eigenvalue weighted by Crippen LogP contribution is -2.03. The minimum absolute atomic E-state index is 0.169. The van der Waals surface area contributed by atoms with E-state index in [0.29, 0.717) is 6.41 Å². The summed E-state index contributed by atoms with van der Waals surface area (Å²) in [4.78, 5) is 23.0. The highest BCUT2D eigenvalue weighted by atomic mass is 16.1. The fraction of sp³-hybridized carbons (Fsp3) is 0.400. The van der Waals surface area contributed by atoms with Gasteiger partial charge in [-0.1, -0.05) is 0 Å². The molecule has 0 aromatic rings. The third-order valence-corrected chi connectivity index (χ3v) is 0.756. The molecule has 3 heteroatoms. The smallest absolute Gasteiger partial charge is 0.233 e. The molecular formula is C5H7NO2. The van der Waals surface area contributed by atoms with Crippen LogP contribution >= 0.6 is 0 Å². The molecule has 0 saturated heterocycles. The van der Waals surface area contributed by atoms with Gasteiger partial charge in [0.1, 0.15) is 0 Å². The van der Waals surface area contributed by atoms with E-state index in [4.69, 9.17) is 0 Å². The summed E-state index contributed by atoms with van der Waals surface area (Å²) in [7, 11) is 0. The van der Waals surface area contributed by atoms with Crippen molar-refractivity contribution in [2.24, 2.45) is 4.99 Å². The molecule has 0 aliphatic rings. The molecule has 0 aliphatic carbocycles. The number of carbonyl (C=O) groups excluding carboxylic acids is 2. The summed E-state index contributed by atoms with van der Waals surface area (Å²) in [5.41, 5.74) is 0.250. The van der Waals surface area contributed by atoms with Crippen molar-refractivity contribution in [3.05, 3.63) is 0 Å². The predicted molar refractivity (Wildman–Crippen MR) is 29.9 cm³/mol. The lowest BCUT2D eigenvalue weighted by Gasteiger charge is -1.83. The molecule has 0 aromatic heterocycles. The molecule has 0 radical (unpaired) electrons. The zero-order valence-corrected chi connectivity index (χ0v) is 4.84. The molecule has 3 nitrogen and oxygen atoms in total. The second-order valence-corrected chi connectivity index (χ2v) is 1.38. The van der Waals surface area contributed by atoms with Crippen molar-refractivity contribution in [1.29, 1.82) is 0 Å². The van der Waals surface area contributed by atoms with E-state index in [-0.39, 0.29) is 11.5 Å². The van der Waals surface area contributed by atoms with Crippen LogP contribution in [0, 0.1) is 0 Å². The first-order valence-corrected chi connectivity index (χ1v) is 2.17. The van der Waals surface area contributed by atoms with Crippen LogP contribution in [-0.4, -0.2) is 17.9 Å². The number of nitrogens with zero attached hydrogens (tertiary/aromatic N) is 1. The van der Waals surface area contributed by atoms with E-state index in [0.717, 1.165) is 0 Å². The fourth-order valence-corrected chi connectivity index (χ4v) is 0.170. The Morgan fingerprint density at radius 2 is 2.00 bits per heavy atom. The Bertz CT molecular complexity index is 137. The van der Waals surface area contributed by atoms with Crippen LogP contribution in [0.3, 0.4) is 0 Å². The second-order valence-electron chi connectivity index (χ2n) is 1.38. The van der Waals surface area contributed by atoms with Gasteiger partial charge in [-0.05, 0) is 6.92 Å². The maximum atomic E-state index is 10.2. The molecule has 0 rings (SSSR count). The molecular weight excluding hydrogens is 106 g/mol. The molecule has 0 spiro atoms. The number of ketones is 1. The number of hydrogen-bond donors (Lipinski definition) is 0. The monoisotopic (exact) mass is 113 g/mol. The SMILES string of the molecule is CC(=O)C(C)=NC=O. The van der Waals surface area contributed by atoms with Crippen molar-refractivity contribution >= 4 is 17.9 Å². The normalized spacial score (nSPS) is 11.0. The summed E-state index contributed by atoms with van der Waals surface area (Å²) in [5.74, 6) is -0.169. The van der Waals surface area contributed by atoms with Crippen molar-refractivity contribution in [2.75, 3.05) is 0 Å². The van der Waals surface area contributed by atoms with Gasteiger partial charge in [-0.2, -0.15) is 0 Å². The lowest BCUT2D eigenvalue weighted by atomic mass is 10.3. The van der Waals surface area contributed by atoms with Crippen LogP contribution in [0.4, 0.5) is 0 Å². The van der Waals surface area contributed by atoms with Gasteiger partial charge in [0, 0.05) is 6.92 Å². The lowest BCUT2D eigenvalue weighted by molar-refractivity contribution is -0.112. The van der Waals surface area contributed by atoms with Gasteiger partial charge in [-0.15, -0.1) is 0 Å². The Kier molecular flexibility index (Phi) is 2.69. The van der Waals surface area contributed by atoms with E-state index < -0.39 is 0 Å². The first-order valence-electron chi connectivity index (χ1n) is 2.17. The summed E-state index contributed by atoms with van der Waals surface area (Å²) in [6, 6.07) is 0. The summed E-state index contributed by atoms with van der Waals surface area (Å²) >= 11 is 0. The highest BCUT2D eigenvalue weighted by Crippen LogP contribution is 1.74. The fourth-order valence-electron chi connectivity index (χ4n) is 0.170. The Morgan fingerprint density at radius 3 is 2.12 bits per heavy atom. The van der Waals surface area contributed by atoms with Crippen molar-refractivity contribution in [1.82, 2.24) is 0 Å². The number of aliphatic imine (C=N–C) groups is 1. The first-order chi connectivity index (χ1) is 3.68. The molecule has 0 bridgehead atoms. The van der Waals surface area contributed by atoms with Crippen molar-refractivity contribution in [2.45, 2.75) is 13.8 Å². The summed E-state index contributed by atoms with van der Waals surface area (Å²) < 4.78 is 0. The highest BCUT2D eigenvalue weighted by Gasteiger charge is 1.93. The molecule has 8 heavy (non-hydrogen) atoms. The molecule has 0 heterocycles. The van der Waals surface area contributed by atoms with Gasteiger partial charge in [0.25, 0.3) is 0 Å². The molecule has 44 valence electrons. The molecule has 0 fully saturated rings. The average Bonchev–Trinajstić information content (AvgIpc) is 1.67. The number of rotatable bonds is 2. The number of carbonyl (C=O) groups is 2. The number of amides is 1. The van der Waals surface area contributed by atoms with Crippen LogP contribution in [0.25, 0.3) is 0 Å². The minimum atomic E-state index is -0.169. The second kappa shape index (κ2) is 3.07. The standard InChI is InChI=1S/C5H7NO2/c1-4(5(2)8)6-3-7/h3H,1-2H3. The van der Waals surface area contributed by atoms with Gasteiger partial charge in [0.15, 0.2) is 5.78 Å². The zero-order chi connectivity index (χ0) is 6.57. The highest BCUT2D eigenvalue weighted by molar-refractivity contribution is 6.38. The van der Waals surface area contributed by atoms with E-state index in [1.807, 2.05) is 0 Å². The number of hydrogen-bond acceptors (Lipinski definition) is 2. The van der Waals surface area contributed by atoms with Crippen LogP contribution in [-0.2, 0) is 9.59 Å². The largest absolute Gasteiger partial charge is 0.293 e. The maximum Gasteiger partial charge on any atom is 0.233 e. The molecule has 0 atom stereocenters. The van der Waals surface area contributed by atoms with E-state index in [1.54, 1.807) is 0 Å². The molecule has 1 amide bonds. The molecule has 0 unspecified atom stereocenters. The average molecular weight is 113 g/mol. The summed E-state index contributed by atoms with van der Waals surface area (Å²) in [6.07, 6.45) is 0.358. The van der Waals surface area contributed by atoms with E-state index in [9.17, 15) is 9.59 Å². The van der Waals surface area contributed by atoms with Crippen LogP contribution in [0.1, 0.15) is 13.8 Å². The van der Waals surface area contributed by atoms with Gasteiger partial charge in [-0.25, -0.2) is 4.99 Å². The Hall–Kier alpha value is -0.990. The van der Waals surface area contributed by atoms with Gasteiger partial charge >= 0.3 is 0 Å². The van der Waals surface area contributed by atoms with Crippen molar-refractivity contribution < 1.29 is 9.59 Å². The molecule has 0 aliphatic heterocycles. The zero-order valence-electron chi connectivity index (χ0n) is 4.84. The van der Waals surface area contributed by atoms with Crippen LogP contribution in [0.2, 0.25) is 0 Å². The summed E-state index contributed by atoms with van der Waals surface area (Å²) in [5, 5.41) is 0. The van der Waals surface area contributed by atoms with E-state index >= 15 is 0 Å². The molecule has 0 N–H and O–H groups in total. The van der Waals surface area contributed by atoms with Crippen LogP contribution < -0.4 is 0 Å². The quantitative estimate of drug-likeness (QED) is 0.379.